The van der Waals surface area contributed by atoms with E-state index in [0.29, 0.717) is 65.4 Å². The summed E-state index contributed by atoms with van der Waals surface area (Å²) in [4.78, 5) is 19.0. The van der Waals surface area contributed by atoms with Gasteiger partial charge in [-0.05, 0) is 12.8 Å². The fourth-order valence-electron chi connectivity index (χ4n) is 3.98. The predicted octanol–water partition coefficient (Wildman–Crippen LogP) is -1.05. The van der Waals surface area contributed by atoms with E-state index >= 15 is 0 Å². The van der Waals surface area contributed by atoms with Gasteiger partial charge in [-0.15, -0.1) is 0 Å². The van der Waals surface area contributed by atoms with E-state index < -0.39 is 10.2 Å². The molecule has 1 atom stereocenters. The zero-order valence-corrected chi connectivity index (χ0v) is 16.2. The average molecular weight is 398 g/mol. The molecule has 2 saturated heterocycles. The van der Waals surface area contributed by atoms with Crippen LogP contribution in [0.1, 0.15) is 18.7 Å². The van der Waals surface area contributed by atoms with Crippen LogP contribution in [-0.2, 0) is 32.7 Å². The van der Waals surface area contributed by atoms with Gasteiger partial charge in [0.05, 0.1) is 25.7 Å². The highest BCUT2D eigenvalue weighted by Crippen LogP contribution is 2.21. The van der Waals surface area contributed by atoms with Crippen LogP contribution in [0.25, 0.3) is 0 Å². The van der Waals surface area contributed by atoms with E-state index in [1.807, 2.05) is 4.90 Å². The normalized spacial score (nSPS) is 25.8. The maximum Gasteiger partial charge on any atom is 0.282 e. The molecule has 0 radical (unpaired) electrons. The van der Waals surface area contributed by atoms with Gasteiger partial charge in [0.1, 0.15) is 12.2 Å². The molecule has 0 bridgehead atoms. The summed E-state index contributed by atoms with van der Waals surface area (Å²) in [5.74, 6) is 0.918. The molecule has 11 heteroatoms. The maximum atomic E-state index is 13.0. The lowest BCUT2D eigenvalue weighted by Gasteiger charge is -2.31. The summed E-state index contributed by atoms with van der Waals surface area (Å²) in [6.07, 6.45) is 3.70. The fourth-order valence-corrected chi connectivity index (χ4v) is 5.59. The molecule has 1 aromatic heterocycles. The van der Waals surface area contributed by atoms with Gasteiger partial charge in [-0.2, -0.15) is 22.1 Å². The number of fused-ring (bicyclic) bond motifs is 1. The molecule has 1 aromatic rings. The van der Waals surface area contributed by atoms with Gasteiger partial charge in [-0.1, -0.05) is 0 Å². The van der Waals surface area contributed by atoms with Crippen LogP contribution in [0.15, 0.2) is 6.33 Å². The molecule has 0 N–H and O–H groups in total. The van der Waals surface area contributed by atoms with Crippen LogP contribution in [0.5, 0.6) is 0 Å². The Morgan fingerprint density at radius 3 is 2.67 bits per heavy atom. The van der Waals surface area contributed by atoms with Crippen molar-refractivity contribution in [2.45, 2.75) is 25.8 Å². The highest BCUT2D eigenvalue weighted by molar-refractivity contribution is 7.86. The Kier molecular flexibility index (Phi) is 5.44. The molecule has 2 fully saturated rings. The number of morpholine rings is 1. The summed E-state index contributed by atoms with van der Waals surface area (Å²) in [5.41, 5.74) is 0. The molecule has 0 saturated carbocycles. The lowest BCUT2D eigenvalue weighted by atomic mass is 9.98. The number of rotatable bonds is 3. The first kappa shape index (κ1) is 18.8. The number of aryl methyl sites for hydroxylation is 1. The van der Waals surface area contributed by atoms with Crippen molar-refractivity contribution in [2.24, 2.45) is 5.92 Å². The van der Waals surface area contributed by atoms with Crippen LogP contribution in [0.3, 0.4) is 0 Å². The van der Waals surface area contributed by atoms with Crippen molar-refractivity contribution in [3.63, 3.8) is 0 Å². The summed E-state index contributed by atoms with van der Waals surface area (Å²) >= 11 is 0. The molecule has 150 valence electrons. The first-order valence-electron chi connectivity index (χ1n) is 9.54. The van der Waals surface area contributed by atoms with Crippen molar-refractivity contribution < 1.29 is 17.9 Å². The molecule has 0 aliphatic carbocycles. The number of ether oxygens (including phenoxy) is 1. The highest BCUT2D eigenvalue weighted by Gasteiger charge is 2.35. The Morgan fingerprint density at radius 1 is 1.07 bits per heavy atom. The zero-order chi connectivity index (χ0) is 18.9. The van der Waals surface area contributed by atoms with Crippen LogP contribution in [-0.4, -0.2) is 95.1 Å². The second-order valence-corrected chi connectivity index (χ2v) is 9.12. The fraction of sp³-hybridized carbons (Fsp3) is 0.812. The van der Waals surface area contributed by atoms with Gasteiger partial charge in [-0.3, -0.25) is 4.79 Å². The summed E-state index contributed by atoms with van der Waals surface area (Å²) in [7, 11) is -3.49. The summed E-state index contributed by atoms with van der Waals surface area (Å²) in [6, 6.07) is 0. The standard InChI is InChI=1S/C16H26N6O4S/c23-16(14-2-3-15-17-13-18-22(15)12-14)19-4-1-5-20(7-6-19)27(24,25)21-8-10-26-11-9-21/h13-14H,1-12H2. The molecule has 27 heavy (non-hydrogen) atoms. The van der Waals surface area contributed by atoms with Gasteiger partial charge in [0.15, 0.2) is 0 Å². The maximum absolute atomic E-state index is 13.0. The van der Waals surface area contributed by atoms with E-state index in [0.717, 1.165) is 18.7 Å². The van der Waals surface area contributed by atoms with Crippen molar-refractivity contribution in [3.05, 3.63) is 12.2 Å². The largest absolute Gasteiger partial charge is 0.379 e. The number of hydrogen-bond donors (Lipinski definition) is 0. The zero-order valence-electron chi connectivity index (χ0n) is 15.4. The molecular weight excluding hydrogens is 372 g/mol. The summed E-state index contributed by atoms with van der Waals surface area (Å²) in [6.45, 7) is 4.02. The van der Waals surface area contributed by atoms with Gasteiger partial charge in [0.25, 0.3) is 10.2 Å². The highest BCUT2D eigenvalue weighted by atomic mass is 32.2. The molecular formula is C16H26N6O4S. The van der Waals surface area contributed by atoms with Gasteiger partial charge < -0.3 is 9.64 Å². The van der Waals surface area contributed by atoms with Gasteiger partial charge in [0.2, 0.25) is 5.91 Å². The van der Waals surface area contributed by atoms with E-state index in [4.69, 9.17) is 4.74 Å². The van der Waals surface area contributed by atoms with E-state index in [9.17, 15) is 13.2 Å². The van der Waals surface area contributed by atoms with Crippen molar-refractivity contribution in [1.29, 1.82) is 0 Å². The molecule has 4 rings (SSSR count). The number of hydrogen-bond acceptors (Lipinski definition) is 6. The quantitative estimate of drug-likeness (QED) is 0.644. The van der Waals surface area contributed by atoms with E-state index in [1.54, 1.807) is 4.68 Å². The van der Waals surface area contributed by atoms with Gasteiger partial charge >= 0.3 is 0 Å². The molecule has 3 aliphatic heterocycles. The molecule has 1 amide bonds. The number of amides is 1. The molecule has 10 nitrogen and oxygen atoms in total. The summed E-state index contributed by atoms with van der Waals surface area (Å²) in [5, 5.41) is 4.18. The van der Waals surface area contributed by atoms with Crippen molar-refractivity contribution >= 4 is 16.1 Å². The Bertz CT molecular complexity index is 776. The minimum Gasteiger partial charge on any atom is -0.379 e. The first-order chi connectivity index (χ1) is 13.1. The third-order valence-corrected chi connectivity index (χ3v) is 7.58. The van der Waals surface area contributed by atoms with Crippen LogP contribution in [0, 0.1) is 5.92 Å². The number of nitrogens with zero attached hydrogens (tertiary/aromatic N) is 6. The Labute approximate surface area is 159 Å². The van der Waals surface area contributed by atoms with Crippen LogP contribution >= 0.6 is 0 Å². The Balaban J connectivity index is 1.37. The SMILES string of the molecule is O=C(C1CCc2ncnn2C1)N1CCCN(S(=O)(=O)N2CCOCC2)CC1. The van der Waals surface area contributed by atoms with E-state index in [1.165, 1.54) is 14.9 Å². The number of aromatic nitrogens is 3. The molecule has 0 spiro atoms. The summed E-state index contributed by atoms with van der Waals surface area (Å²) < 4.78 is 35.8. The predicted molar refractivity (Wildman–Crippen MR) is 95.9 cm³/mol. The molecule has 3 aliphatic rings. The topological polar surface area (TPSA) is 101 Å². The third-order valence-electron chi connectivity index (χ3n) is 5.54. The number of carbonyl (C=O) groups is 1. The molecule has 0 aromatic carbocycles. The Hall–Kier alpha value is -1.56. The average Bonchev–Trinajstić information content (AvgIpc) is 3.02. The third kappa shape index (κ3) is 3.86. The lowest BCUT2D eigenvalue weighted by molar-refractivity contribution is -0.136. The smallest absolute Gasteiger partial charge is 0.282 e. The monoisotopic (exact) mass is 398 g/mol. The molecule has 4 heterocycles. The molecule has 1 unspecified atom stereocenters. The van der Waals surface area contributed by atoms with E-state index in [2.05, 4.69) is 10.1 Å². The second-order valence-electron chi connectivity index (χ2n) is 7.19. The van der Waals surface area contributed by atoms with Gasteiger partial charge in [-0.25, -0.2) is 9.67 Å². The van der Waals surface area contributed by atoms with Crippen LogP contribution in [0.2, 0.25) is 0 Å². The van der Waals surface area contributed by atoms with Crippen molar-refractivity contribution in [1.82, 2.24) is 28.3 Å². The van der Waals surface area contributed by atoms with E-state index in [-0.39, 0.29) is 11.8 Å². The van der Waals surface area contributed by atoms with Gasteiger partial charge in [0, 0.05) is 45.7 Å². The van der Waals surface area contributed by atoms with Crippen LogP contribution < -0.4 is 0 Å². The first-order valence-corrected chi connectivity index (χ1v) is 10.9. The van der Waals surface area contributed by atoms with Crippen molar-refractivity contribution in [3.8, 4) is 0 Å². The lowest BCUT2D eigenvalue weighted by Crippen LogP contribution is -2.49. The van der Waals surface area contributed by atoms with Crippen LogP contribution in [0.4, 0.5) is 0 Å². The minimum absolute atomic E-state index is 0.0989. The number of carbonyl (C=O) groups excluding carboxylic acids is 1. The minimum atomic E-state index is -3.49. The van der Waals surface area contributed by atoms with Crippen molar-refractivity contribution in [2.75, 3.05) is 52.5 Å². The second kappa shape index (κ2) is 7.82. The Morgan fingerprint density at radius 2 is 1.85 bits per heavy atom.